The second kappa shape index (κ2) is 7.25. The average Bonchev–Trinajstić information content (AvgIpc) is 3.04. The number of hydrogen-bond donors (Lipinski definition) is 1. The molecule has 1 N–H and O–H groups in total. The number of hydrogen-bond acceptors (Lipinski definition) is 6. The number of esters is 1. The van der Waals surface area contributed by atoms with Crippen LogP contribution in [-0.4, -0.2) is 24.2 Å². The van der Waals surface area contributed by atoms with E-state index >= 15 is 0 Å². The van der Waals surface area contributed by atoms with E-state index in [-0.39, 0.29) is 5.90 Å². The Bertz CT molecular complexity index is 645. The predicted molar refractivity (Wildman–Crippen MR) is 80.8 cm³/mol. The van der Waals surface area contributed by atoms with Crippen LogP contribution >= 0.6 is 11.3 Å². The molecule has 0 amide bonds. The number of oxime groups is 1. The van der Waals surface area contributed by atoms with E-state index in [0.717, 1.165) is 4.88 Å². The summed E-state index contributed by atoms with van der Waals surface area (Å²) in [6.45, 7) is 0. The van der Waals surface area contributed by atoms with Crippen LogP contribution in [0.2, 0.25) is 0 Å². The third-order valence-corrected chi connectivity index (χ3v) is 3.39. The van der Waals surface area contributed by atoms with Gasteiger partial charge in [-0.3, -0.25) is 0 Å². The molecule has 0 aliphatic heterocycles. The zero-order valence-corrected chi connectivity index (χ0v) is 12.0. The summed E-state index contributed by atoms with van der Waals surface area (Å²) >= 11 is 1.50. The van der Waals surface area contributed by atoms with Gasteiger partial charge in [-0.05, 0) is 46.9 Å². The van der Waals surface area contributed by atoms with Gasteiger partial charge in [-0.2, -0.15) is 0 Å². The van der Waals surface area contributed by atoms with Crippen molar-refractivity contribution in [2.45, 2.75) is 0 Å². The lowest BCUT2D eigenvalue weighted by Gasteiger charge is -2.05. The van der Waals surface area contributed by atoms with Gasteiger partial charge in [0.15, 0.2) is 0 Å². The second-order valence-electron chi connectivity index (χ2n) is 3.90. The normalized spacial score (nSPS) is 11.6. The van der Waals surface area contributed by atoms with Crippen molar-refractivity contribution in [1.82, 2.24) is 0 Å². The fourth-order valence-electron chi connectivity index (χ4n) is 1.54. The Balaban J connectivity index is 2.03. The van der Waals surface area contributed by atoms with E-state index in [1.807, 2.05) is 17.5 Å². The maximum Gasteiger partial charge on any atom is 0.337 e. The molecule has 6 heteroatoms. The first-order chi connectivity index (χ1) is 10.2. The topological polar surface area (TPSA) is 68.1 Å². The fraction of sp³-hybridized carbons (Fsp3) is 0.0667. The molecule has 0 saturated heterocycles. The number of carbonyl (C=O) groups is 1. The van der Waals surface area contributed by atoms with Gasteiger partial charge in [-0.1, -0.05) is 6.07 Å². The lowest BCUT2D eigenvalue weighted by molar-refractivity contribution is -0.130. The van der Waals surface area contributed by atoms with Crippen molar-refractivity contribution >= 4 is 29.3 Å². The molecule has 0 radical (unpaired) electrons. The van der Waals surface area contributed by atoms with E-state index in [2.05, 4.69) is 5.16 Å². The van der Waals surface area contributed by atoms with Crippen LogP contribution < -0.4 is 4.74 Å². The van der Waals surface area contributed by atoms with E-state index in [9.17, 15) is 4.79 Å². The van der Waals surface area contributed by atoms with Crippen LogP contribution in [0.1, 0.15) is 10.4 Å². The molecule has 0 aliphatic rings. The van der Waals surface area contributed by atoms with Crippen molar-refractivity contribution in [2.75, 3.05) is 7.11 Å². The minimum atomic E-state index is -0.619. The van der Waals surface area contributed by atoms with Crippen LogP contribution in [0.3, 0.4) is 0 Å². The summed E-state index contributed by atoms with van der Waals surface area (Å²) in [5.74, 6) is -0.134. The van der Waals surface area contributed by atoms with E-state index in [0.29, 0.717) is 11.3 Å². The highest BCUT2D eigenvalue weighted by atomic mass is 32.1. The first-order valence-electron chi connectivity index (χ1n) is 6.03. The Kier molecular flexibility index (Phi) is 5.11. The molecule has 0 aliphatic carbocycles. The maximum absolute atomic E-state index is 11.7. The molecule has 0 atom stereocenters. The van der Waals surface area contributed by atoms with Crippen LogP contribution in [0.5, 0.6) is 5.75 Å². The molecule has 1 heterocycles. The number of methoxy groups -OCH3 is 1. The Hall–Kier alpha value is -2.60. The van der Waals surface area contributed by atoms with E-state index in [4.69, 9.17) is 14.7 Å². The van der Waals surface area contributed by atoms with E-state index in [1.165, 1.54) is 17.4 Å². The summed E-state index contributed by atoms with van der Waals surface area (Å²) in [6, 6.07) is 10.4. The second-order valence-corrected chi connectivity index (χ2v) is 4.88. The Morgan fingerprint density at radius 1 is 1.29 bits per heavy atom. The molecule has 21 heavy (non-hydrogen) atoms. The number of benzene rings is 1. The Morgan fingerprint density at radius 2 is 2.05 bits per heavy atom. The highest BCUT2D eigenvalue weighted by Crippen LogP contribution is 2.13. The SMILES string of the molecule is COc1ccc(C(=NO)OC(=O)C=Cc2cccs2)cc1. The highest BCUT2D eigenvalue weighted by molar-refractivity contribution is 7.10. The van der Waals surface area contributed by atoms with Crippen LogP contribution in [0, 0.1) is 0 Å². The summed E-state index contributed by atoms with van der Waals surface area (Å²) in [5, 5.41) is 13.9. The van der Waals surface area contributed by atoms with Gasteiger partial charge in [0.05, 0.1) is 7.11 Å². The smallest absolute Gasteiger partial charge is 0.337 e. The zero-order chi connectivity index (χ0) is 15.1. The highest BCUT2D eigenvalue weighted by Gasteiger charge is 2.10. The molecule has 0 spiro atoms. The van der Waals surface area contributed by atoms with Gasteiger partial charge in [-0.25, -0.2) is 4.79 Å². The quantitative estimate of drug-likeness (QED) is 0.235. The van der Waals surface area contributed by atoms with Crippen LogP contribution in [0.15, 0.2) is 53.0 Å². The number of carbonyl (C=O) groups excluding carboxylic acids is 1. The molecule has 0 fully saturated rings. The fourth-order valence-corrected chi connectivity index (χ4v) is 2.15. The van der Waals surface area contributed by atoms with Crippen molar-refractivity contribution in [3.8, 4) is 5.75 Å². The number of nitrogens with zero attached hydrogens (tertiary/aromatic N) is 1. The zero-order valence-electron chi connectivity index (χ0n) is 11.2. The van der Waals surface area contributed by atoms with Gasteiger partial charge in [-0.15, -0.1) is 11.3 Å². The van der Waals surface area contributed by atoms with E-state index < -0.39 is 5.97 Å². The lowest BCUT2D eigenvalue weighted by Crippen LogP contribution is -2.11. The minimum Gasteiger partial charge on any atom is -0.497 e. The number of rotatable bonds is 4. The summed E-state index contributed by atoms with van der Waals surface area (Å²) in [4.78, 5) is 12.6. The van der Waals surface area contributed by atoms with Crippen molar-refractivity contribution in [3.05, 3.63) is 58.3 Å². The molecule has 0 saturated carbocycles. The maximum atomic E-state index is 11.7. The van der Waals surface area contributed by atoms with Crippen LogP contribution in [0.25, 0.3) is 6.08 Å². The van der Waals surface area contributed by atoms with Gasteiger partial charge in [0.2, 0.25) is 0 Å². The van der Waals surface area contributed by atoms with Crippen molar-refractivity contribution in [3.63, 3.8) is 0 Å². The Labute approximate surface area is 125 Å². The van der Waals surface area contributed by atoms with Gasteiger partial charge in [0.25, 0.3) is 5.90 Å². The van der Waals surface area contributed by atoms with E-state index in [1.54, 1.807) is 37.5 Å². The number of ether oxygens (including phenoxy) is 2. The third kappa shape index (κ3) is 4.19. The third-order valence-electron chi connectivity index (χ3n) is 2.55. The molecule has 2 rings (SSSR count). The standard InChI is InChI=1S/C15H13NO4S/c1-19-12-6-4-11(5-7-12)15(16-18)20-14(17)9-8-13-3-2-10-21-13/h2-10,18H,1H3. The minimum absolute atomic E-state index is 0.168. The van der Waals surface area contributed by atoms with Gasteiger partial charge < -0.3 is 14.7 Å². The predicted octanol–water partition coefficient (Wildman–Crippen LogP) is 3.15. The summed E-state index contributed by atoms with van der Waals surface area (Å²) < 4.78 is 10.0. The molecular weight excluding hydrogens is 290 g/mol. The van der Waals surface area contributed by atoms with Gasteiger partial charge in [0.1, 0.15) is 5.75 Å². The first-order valence-corrected chi connectivity index (χ1v) is 6.91. The molecule has 0 bridgehead atoms. The van der Waals surface area contributed by atoms with Crippen molar-refractivity contribution in [1.29, 1.82) is 0 Å². The average molecular weight is 303 g/mol. The van der Waals surface area contributed by atoms with Gasteiger partial charge >= 0.3 is 5.97 Å². The molecule has 1 aromatic heterocycles. The summed E-state index contributed by atoms with van der Waals surface area (Å²) in [7, 11) is 1.55. The van der Waals surface area contributed by atoms with Crippen LogP contribution in [-0.2, 0) is 9.53 Å². The summed E-state index contributed by atoms with van der Waals surface area (Å²) in [5.41, 5.74) is 0.469. The Morgan fingerprint density at radius 3 is 2.62 bits per heavy atom. The van der Waals surface area contributed by atoms with Crippen molar-refractivity contribution in [2.24, 2.45) is 5.16 Å². The molecule has 2 aromatic rings. The first kappa shape index (κ1) is 14.8. The molecule has 5 nitrogen and oxygen atoms in total. The monoisotopic (exact) mass is 303 g/mol. The van der Waals surface area contributed by atoms with Crippen molar-refractivity contribution < 1.29 is 19.5 Å². The lowest BCUT2D eigenvalue weighted by atomic mass is 10.2. The molecule has 1 aromatic carbocycles. The van der Waals surface area contributed by atoms with Crippen LogP contribution in [0.4, 0.5) is 0 Å². The summed E-state index contributed by atoms with van der Waals surface area (Å²) in [6.07, 6.45) is 2.91. The van der Waals surface area contributed by atoms with Gasteiger partial charge in [0, 0.05) is 16.5 Å². The molecular formula is C15H13NO4S. The largest absolute Gasteiger partial charge is 0.497 e. The number of thiophene rings is 1. The molecule has 0 unspecified atom stereocenters. The molecule has 108 valence electrons.